The summed E-state index contributed by atoms with van der Waals surface area (Å²) in [6.45, 7) is 4.05. The fraction of sp³-hybridized carbons (Fsp3) is 0.711. The quantitative estimate of drug-likeness (QED) is 0.0373. The highest BCUT2D eigenvalue weighted by Crippen LogP contribution is 2.18. The van der Waals surface area contributed by atoms with Crippen molar-refractivity contribution in [1.29, 1.82) is 0 Å². The first-order valence-corrected chi connectivity index (χ1v) is 37.7. The molecule has 0 heterocycles. The number of hydrogen-bond donors (Lipinski definition) is 1. The second-order valence-electron chi connectivity index (χ2n) is 25.0. The van der Waals surface area contributed by atoms with E-state index in [-0.39, 0.29) is 25.2 Å². The fourth-order valence-corrected chi connectivity index (χ4v) is 10.9. The van der Waals surface area contributed by atoms with Crippen molar-refractivity contribution in [2.24, 2.45) is 0 Å². The van der Waals surface area contributed by atoms with Gasteiger partial charge in [-0.15, -0.1) is 0 Å². The molecule has 0 aromatic carbocycles. The Hall–Kier alpha value is -3.96. The molecule has 5 heteroatoms. The van der Waals surface area contributed by atoms with Crippen LogP contribution in [0.15, 0.2) is 134 Å². The molecule has 88 heavy (non-hydrogen) atoms. The summed E-state index contributed by atoms with van der Waals surface area (Å²) < 4.78 is 10.8. The highest BCUT2D eigenvalue weighted by Gasteiger charge is 2.16. The van der Waals surface area contributed by atoms with Crippen molar-refractivity contribution in [2.75, 3.05) is 13.2 Å². The largest absolute Gasteiger partial charge is 0.462 e. The maximum atomic E-state index is 12.4. The van der Waals surface area contributed by atoms with Crippen LogP contribution in [-0.2, 0) is 19.1 Å². The normalized spacial score (nSPS) is 13.0. The van der Waals surface area contributed by atoms with Crippen molar-refractivity contribution in [3.63, 3.8) is 0 Å². The maximum Gasteiger partial charge on any atom is 0.306 e. The number of carbonyl (C=O) groups excluding carboxylic acids is 2. The summed E-state index contributed by atoms with van der Waals surface area (Å²) >= 11 is 0. The monoisotopic (exact) mass is 1220 g/mol. The summed E-state index contributed by atoms with van der Waals surface area (Å²) in [5.41, 5.74) is 0. The van der Waals surface area contributed by atoms with Gasteiger partial charge in [-0.2, -0.15) is 0 Å². The van der Waals surface area contributed by atoms with E-state index < -0.39 is 6.10 Å². The fourth-order valence-electron chi connectivity index (χ4n) is 10.9. The number of rotatable bonds is 69. The predicted octanol–water partition coefficient (Wildman–Crippen LogP) is 26.7. The summed E-state index contributed by atoms with van der Waals surface area (Å²) in [6.07, 6.45) is 115. The average Bonchev–Trinajstić information content (AvgIpc) is 3.54. The van der Waals surface area contributed by atoms with E-state index in [2.05, 4.69) is 148 Å². The van der Waals surface area contributed by atoms with Crippen LogP contribution in [0.3, 0.4) is 0 Å². The van der Waals surface area contributed by atoms with Crippen LogP contribution in [0.25, 0.3) is 0 Å². The Morgan fingerprint density at radius 1 is 0.273 bits per heavy atom. The van der Waals surface area contributed by atoms with Gasteiger partial charge in [-0.3, -0.25) is 9.59 Å². The molecule has 0 aromatic heterocycles. The van der Waals surface area contributed by atoms with Crippen LogP contribution < -0.4 is 0 Å². The van der Waals surface area contributed by atoms with E-state index in [1.54, 1.807) is 0 Å². The van der Waals surface area contributed by atoms with E-state index in [4.69, 9.17) is 9.47 Å². The molecule has 0 amide bonds. The molecule has 0 spiro atoms. The van der Waals surface area contributed by atoms with Gasteiger partial charge in [0.2, 0.25) is 0 Å². The molecule has 0 aliphatic heterocycles. The smallest absolute Gasteiger partial charge is 0.306 e. The zero-order valence-electron chi connectivity index (χ0n) is 58.0. The summed E-state index contributed by atoms with van der Waals surface area (Å²) in [4.78, 5) is 24.7. The van der Waals surface area contributed by atoms with Crippen LogP contribution in [-0.4, -0.2) is 36.4 Å². The number of hydrogen-bond acceptors (Lipinski definition) is 5. The van der Waals surface area contributed by atoms with E-state index >= 15 is 0 Å². The lowest BCUT2D eigenvalue weighted by molar-refractivity contribution is -0.161. The lowest BCUT2D eigenvalue weighted by atomic mass is 10.0. The minimum atomic E-state index is -0.792. The van der Waals surface area contributed by atoms with Gasteiger partial charge in [0.25, 0.3) is 0 Å². The third-order valence-corrected chi connectivity index (χ3v) is 16.5. The van der Waals surface area contributed by atoms with Gasteiger partial charge >= 0.3 is 11.9 Å². The summed E-state index contributed by atoms with van der Waals surface area (Å²) in [6, 6.07) is 0. The highest BCUT2D eigenvalue weighted by atomic mass is 16.6. The van der Waals surface area contributed by atoms with Crippen LogP contribution in [0, 0.1) is 0 Å². The van der Waals surface area contributed by atoms with Crippen molar-refractivity contribution < 1.29 is 24.2 Å². The number of carbonyl (C=O) groups is 2. The molecule has 0 aliphatic rings. The molecule has 0 saturated carbocycles. The van der Waals surface area contributed by atoms with Gasteiger partial charge in [0.1, 0.15) is 6.61 Å². The molecule has 1 unspecified atom stereocenters. The zero-order valence-corrected chi connectivity index (χ0v) is 58.0. The number of esters is 2. The lowest BCUT2D eigenvalue weighted by Gasteiger charge is -2.15. The Kier molecular flexibility index (Phi) is 73.8. The first-order chi connectivity index (χ1) is 43.6. The Labute approximate surface area is 546 Å². The van der Waals surface area contributed by atoms with Gasteiger partial charge in [-0.1, -0.05) is 385 Å². The Morgan fingerprint density at radius 3 is 0.739 bits per heavy atom. The van der Waals surface area contributed by atoms with E-state index in [0.717, 1.165) is 128 Å². The number of aliphatic hydroxyl groups is 1. The minimum Gasteiger partial charge on any atom is -0.462 e. The first kappa shape index (κ1) is 84.0. The first-order valence-electron chi connectivity index (χ1n) is 37.7. The van der Waals surface area contributed by atoms with E-state index in [9.17, 15) is 14.7 Å². The molecular formula is C83H142O5. The van der Waals surface area contributed by atoms with Gasteiger partial charge in [0.05, 0.1) is 6.61 Å². The second-order valence-corrected chi connectivity index (χ2v) is 25.0. The van der Waals surface area contributed by atoms with Crippen molar-refractivity contribution in [3.8, 4) is 0 Å². The highest BCUT2D eigenvalue weighted by molar-refractivity contribution is 5.70. The standard InChI is InChI=1S/C83H142O5/c1-3-5-7-9-11-13-15-17-19-21-23-25-27-29-31-33-35-37-39-40-41-42-44-46-48-50-52-54-56-58-60-62-64-66-68-70-72-74-76-78-83(86)88-81(79-84)80-87-82(85)77-75-73-71-69-67-65-63-61-59-57-55-53-51-49-47-45-43-38-36-34-32-30-28-26-24-22-20-18-16-14-12-10-8-6-4-2/h5,7,11,13,17,19,23,25,29,31,35,37,40-41,44,46,50,52,56,58,62,64,81,84H,3-4,6,8-10,12,14-16,18,20-22,24,26-28,30,32-34,36,38-39,42-43,45,47-49,51,53-55,57,59-61,63,65-80H2,1-2H3/b7-5-,13-11-,19-17-,25-23-,31-29-,37-35-,41-40-,46-44-,52-50-,58-56-,64-62-. The Bertz CT molecular complexity index is 1770. The summed E-state index contributed by atoms with van der Waals surface area (Å²) in [5.74, 6) is -0.606. The molecule has 0 radical (unpaired) electrons. The number of ether oxygens (including phenoxy) is 2. The summed E-state index contributed by atoms with van der Waals surface area (Å²) in [5, 5.41) is 9.71. The number of aliphatic hydroxyl groups excluding tert-OH is 1. The Morgan fingerprint density at radius 2 is 0.489 bits per heavy atom. The third kappa shape index (κ3) is 74.5. The molecule has 0 aromatic rings. The van der Waals surface area contributed by atoms with Gasteiger partial charge in [-0.05, 0) is 96.3 Å². The van der Waals surface area contributed by atoms with Crippen molar-refractivity contribution in [2.45, 2.75) is 367 Å². The van der Waals surface area contributed by atoms with Gasteiger partial charge in [-0.25, -0.2) is 0 Å². The topological polar surface area (TPSA) is 72.8 Å². The van der Waals surface area contributed by atoms with Crippen LogP contribution in [0.5, 0.6) is 0 Å². The Balaban J connectivity index is 3.53. The van der Waals surface area contributed by atoms with E-state index in [0.29, 0.717) is 12.8 Å². The number of unbranched alkanes of at least 4 members (excludes halogenated alkanes) is 39. The van der Waals surface area contributed by atoms with Gasteiger partial charge in [0, 0.05) is 12.8 Å². The molecule has 1 atom stereocenters. The summed E-state index contributed by atoms with van der Waals surface area (Å²) in [7, 11) is 0. The van der Waals surface area contributed by atoms with Gasteiger partial charge < -0.3 is 14.6 Å². The molecule has 0 fully saturated rings. The molecule has 1 N–H and O–H groups in total. The predicted molar refractivity (Wildman–Crippen MR) is 389 cm³/mol. The van der Waals surface area contributed by atoms with Crippen molar-refractivity contribution >= 4 is 11.9 Å². The van der Waals surface area contributed by atoms with Crippen molar-refractivity contribution in [1.82, 2.24) is 0 Å². The average molecular weight is 1220 g/mol. The molecule has 0 aliphatic carbocycles. The number of allylic oxidation sites excluding steroid dienone is 22. The van der Waals surface area contributed by atoms with Crippen LogP contribution in [0.1, 0.15) is 361 Å². The zero-order chi connectivity index (χ0) is 63.3. The third-order valence-electron chi connectivity index (χ3n) is 16.5. The minimum absolute atomic E-state index is 0.0777. The molecule has 0 rings (SSSR count). The maximum absolute atomic E-state index is 12.4. The van der Waals surface area contributed by atoms with Crippen molar-refractivity contribution in [3.05, 3.63) is 134 Å². The lowest BCUT2D eigenvalue weighted by Crippen LogP contribution is -2.28. The second kappa shape index (κ2) is 77.3. The van der Waals surface area contributed by atoms with E-state index in [1.165, 1.54) is 205 Å². The van der Waals surface area contributed by atoms with Crippen LogP contribution >= 0.6 is 0 Å². The molecule has 5 nitrogen and oxygen atoms in total. The van der Waals surface area contributed by atoms with Crippen LogP contribution in [0.4, 0.5) is 0 Å². The molecule has 0 bridgehead atoms. The van der Waals surface area contributed by atoms with E-state index in [1.807, 2.05) is 0 Å². The molecule has 0 saturated heterocycles. The molecular weight excluding hydrogens is 1080 g/mol. The molecule has 504 valence electrons. The van der Waals surface area contributed by atoms with Gasteiger partial charge in [0.15, 0.2) is 6.10 Å². The van der Waals surface area contributed by atoms with Crippen LogP contribution in [0.2, 0.25) is 0 Å². The SMILES string of the molecule is CC/C=C\C/C=C\C/C=C\C/C=C\C/C=C\C/C=C\C/C=C\C/C=C\C/C=C\C/C=C\C/C=C\CCCCCCCC(=O)OC(CO)COC(=O)CCCCCCCCCCCCCCCCCCCCCCCCCCCCCCCCCCCCC.